The number of hydrogen-bond acceptors (Lipinski definition) is 6. The summed E-state index contributed by atoms with van der Waals surface area (Å²) in [6.07, 6.45) is 34.9. The molecule has 0 aromatic heterocycles. The van der Waals surface area contributed by atoms with Crippen LogP contribution in [0.2, 0.25) is 0 Å². The van der Waals surface area contributed by atoms with Gasteiger partial charge in [-0.25, -0.2) is 0 Å². The van der Waals surface area contributed by atoms with Crippen LogP contribution in [0.3, 0.4) is 0 Å². The maximum Gasteiger partial charge on any atom is 0.0809 e. The lowest BCUT2D eigenvalue weighted by atomic mass is 9.61. The van der Waals surface area contributed by atoms with E-state index in [0.29, 0.717) is 34.7 Å². The van der Waals surface area contributed by atoms with Gasteiger partial charge in [0.05, 0.1) is 36.6 Å². The molecule has 9 fully saturated rings. The van der Waals surface area contributed by atoms with Gasteiger partial charge in [0, 0.05) is 13.3 Å². The van der Waals surface area contributed by atoms with Gasteiger partial charge in [-0.3, -0.25) is 0 Å². The predicted molar refractivity (Wildman–Crippen MR) is 321 cm³/mol. The van der Waals surface area contributed by atoms with E-state index in [2.05, 4.69) is 105 Å². The van der Waals surface area contributed by atoms with E-state index in [1.807, 2.05) is 13.8 Å². The van der Waals surface area contributed by atoms with Crippen molar-refractivity contribution in [1.29, 1.82) is 0 Å². The molecule has 0 aliphatic heterocycles. The van der Waals surface area contributed by atoms with E-state index in [1.165, 1.54) is 107 Å². The fourth-order valence-corrected chi connectivity index (χ4v) is 17.8. The van der Waals surface area contributed by atoms with Crippen molar-refractivity contribution in [1.82, 2.24) is 0 Å². The average molecular weight is 1050 g/mol. The molecule has 0 radical (unpaired) electrons. The Morgan fingerprint density at radius 2 is 0.680 bits per heavy atom. The van der Waals surface area contributed by atoms with Crippen LogP contribution in [0.4, 0.5) is 0 Å². The fraction of sp³-hybridized carbons (Fsp3) is 0.797. The van der Waals surface area contributed by atoms with Gasteiger partial charge in [0.15, 0.2) is 0 Å². The van der Waals surface area contributed by atoms with Crippen LogP contribution < -0.4 is 0 Å². The van der Waals surface area contributed by atoms with Gasteiger partial charge < -0.3 is 30.6 Å². The number of rotatable bonds is 6. The lowest BCUT2D eigenvalue weighted by Crippen LogP contribution is -2.35. The molecule has 6 heteroatoms. The molecule has 9 aliphatic carbocycles. The van der Waals surface area contributed by atoms with Gasteiger partial charge in [-0.1, -0.05) is 175 Å². The van der Waals surface area contributed by atoms with Crippen LogP contribution in [-0.2, 0) is 0 Å². The van der Waals surface area contributed by atoms with Crippen LogP contribution in [-0.4, -0.2) is 67.3 Å². The summed E-state index contributed by atoms with van der Waals surface area (Å²) in [6, 6.07) is 0. The molecule has 9 saturated carbocycles. The molecule has 9 aliphatic rings. The molecular weight excluding hydrogens is 925 g/mol. The molecule has 6 N–H and O–H groups in total. The second-order valence-corrected chi connectivity index (χ2v) is 27.5. The van der Waals surface area contributed by atoms with Gasteiger partial charge in [0.25, 0.3) is 0 Å². The third kappa shape index (κ3) is 14.3. The normalized spacial score (nSPS) is 42.1. The number of fused-ring (bicyclic) bond motifs is 3. The summed E-state index contributed by atoms with van der Waals surface area (Å²) in [5, 5.41) is 60.5. The first-order valence-electron chi connectivity index (χ1n) is 29.9. The molecule has 0 unspecified atom stereocenters. The minimum absolute atomic E-state index is 0. The van der Waals surface area contributed by atoms with Gasteiger partial charge in [0.2, 0.25) is 0 Å². The first kappa shape index (κ1) is 65.5. The van der Waals surface area contributed by atoms with E-state index in [9.17, 15) is 30.6 Å². The van der Waals surface area contributed by atoms with Gasteiger partial charge in [-0.2, -0.15) is 0 Å². The van der Waals surface area contributed by atoms with Crippen LogP contribution in [0.1, 0.15) is 235 Å². The first-order chi connectivity index (χ1) is 34.0. The zero-order valence-electron chi connectivity index (χ0n) is 47.5. The average Bonchev–Trinajstić information content (AvgIpc) is 4.00. The zero-order chi connectivity index (χ0) is 52.4. The van der Waals surface area contributed by atoms with Crippen molar-refractivity contribution in [3.63, 3.8) is 0 Å². The smallest absolute Gasteiger partial charge is 0.0809 e. The summed E-state index contributed by atoms with van der Waals surface area (Å²) in [5.41, 5.74) is 10.4. The quantitative estimate of drug-likeness (QED) is 0.147. The predicted octanol–water partition coefficient (Wildman–Crippen LogP) is 16.7. The van der Waals surface area contributed by atoms with Crippen LogP contribution >= 0.6 is 0 Å². The molecule has 0 aromatic carbocycles. The second-order valence-electron chi connectivity index (χ2n) is 27.5. The summed E-state index contributed by atoms with van der Waals surface area (Å²) in [4.78, 5) is 0. The highest BCUT2D eigenvalue weighted by Gasteiger charge is 2.52. The van der Waals surface area contributed by atoms with E-state index in [-0.39, 0.29) is 35.5 Å². The molecule has 0 aromatic rings. The molecule has 0 spiro atoms. The highest BCUT2D eigenvalue weighted by atomic mass is 16.3. The molecule has 0 bridgehead atoms. The molecule has 9 rings (SSSR count). The van der Waals surface area contributed by atoms with Crippen molar-refractivity contribution < 1.29 is 32.1 Å². The summed E-state index contributed by atoms with van der Waals surface area (Å²) >= 11 is 0. The van der Waals surface area contributed by atoms with Crippen molar-refractivity contribution >= 4 is 0 Å². The van der Waals surface area contributed by atoms with E-state index < -0.39 is 36.6 Å². The summed E-state index contributed by atoms with van der Waals surface area (Å²) < 4.78 is 0. The minimum atomic E-state index is -0.591. The Labute approximate surface area is 463 Å². The van der Waals surface area contributed by atoms with Crippen LogP contribution in [0, 0.1) is 81.3 Å². The van der Waals surface area contributed by atoms with E-state index in [0.717, 1.165) is 84.5 Å². The lowest BCUT2D eigenvalue weighted by molar-refractivity contribution is 0.00358. The van der Waals surface area contributed by atoms with E-state index in [4.69, 9.17) is 0 Å². The summed E-state index contributed by atoms with van der Waals surface area (Å²) in [7, 11) is 0. The van der Waals surface area contributed by atoms with Crippen molar-refractivity contribution in [3.05, 3.63) is 82.0 Å². The Bertz CT molecular complexity index is 1920. The Morgan fingerprint density at radius 1 is 0.427 bits per heavy atom. The maximum atomic E-state index is 10.1. The Hall–Kier alpha value is -2.06. The summed E-state index contributed by atoms with van der Waals surface area (Å²) in [6.45, 7) is 29.6. The second kappa shape index (κ2) is 27.4. The molecule has 0 saturated heterocycles. The zero-order valence-corrected chi connectivity index (χ0v) is 47.5. The standard InChI is InChI=1S/2C22H36O2.C22H34O2.3CH4.H2/c3*1-14(2)18-9-10-19-17(6-5-11-22(18,19)4)8-7-16-12-20(23)15(3)21(24)13-16;;;;/h2*7-8,14-15,18-21,23-24H,5-6,9-13H2,1-4H3;7-8,14,18-21,23-24H,3,5-6,9-13H2,1-2,4H3;3*1H4;1H/b2*16-7?,17-8+;17-8+;;;;/t2*15?,18-,19+,20-,21-,22-;18-,19+,20-,21-,22-;;;;/m111..../s1. The minimum Gasteiger partial charge on any atom is -0.392 e. The summed E-state index contributed by atoms with van der Waals surface area (Å²) in [5.74, 6) is 7.10. The fourth-order valence-electron chi connectivity index (χ4n) is 17.8. The monoisotopic (exact) mass is 1040 g/mol. The number of hydrogen-bond donors (Lipinski definition) is 6. The van der Waals surface area contributed by atoms with Crippen molar-refractivity contribution in [3.8, 4) is 0 Å². The molecule has 0 heterocycles. The van der Waals surface area contributed by atoms with Crippen molar-refractivity contribution in [2.45, 2.75) is 270 Å². The van der Waals surface area contributed by atoms with Gasteiger partial charge in [0.1, 0.15) is 0 Å². The first-order valence-corrected chi connectivity index (χ1v) is 29.9. The molecule has 432 valence electrons. The molecule has 15 atom stereocenters. The van der Waals surface area contributed by atoms with Crippen molar-refractivity contribution in [2.24, 2.45) is 81.3 Å². The highest BCUT2D eigenvalue weighted by molar-refractivity contribution is 5.31. The topological polar surface area (TPSA) is 121 Å². The number of aliphatic hydroxyl groups excluding tert-OH is 6. The Balaban J connectivity index is 0.000000292. The van der Waals surface area contributed by atoms with Gasteiger partial charge in [-0.15, -0.1) is 0 Å². The van der Waals surface area contributed by atoms with Crippen LogP contribution in [0.5, 0.6) is 0 Å². The van der Waals surface area contributed by atoms with Crippen LogP contribution in [0.25, 0.3) is 0 Å². The van der Waals surface area contributed by atoms with Crippen molar-refractivity contribution in [2.75, 3.05) is 0 Å². The lowest BCUT2D eigenvalue weighted by Gasteiger charge is -2.44. The Morgan fingerprint density at radius 3 is 0.933 bits per heavy atom. The maximum absolute atomic E-state index is 10.1. The third-order valence-corrected chi connectivity index (χ3v) is 22.2. The molecular formula is C69H120O6. The molecule has 6 nitrogen and oxygen atoms in total. The third-order valence-electron chi connectivity index (χ3n) is 22.2. The van der Waals surface area contributed by atoms with Gasteiger partial charge in [-0.05, 0) is 210 Å². The van der Waals surface area contributed by atoms with Crippen LogP contribution in [0.15, 0.2) is 82.0 Å². The molecule has 0 amide bonds. The Kier molecular flexibility index (Phi) is 23.9. The highest BCUT2D eigenvalue weighted by Crippen LogP contribution is 2.62. The van der Waals surface area contributed by atoms with Gasteiger partial charge >= 0.3 is 0 Å². The van der Waals surface area contributed by atoms with E-state index >= 15 is 0 Å². The number of allylic oxidation sites excluding steroid dienone is 9. The molecule has 75 heavy (non-hydrogen) atoms. The van der Waals surface area contributed by atoms with E-state index in [1.54, 1.807) is 16.7 Å². The number of aliphatic hydroxyl groups is 6. The largest absolute Gasteiger partial charge is 0.392 e. The SMILES string of the molecule is C.C.C.C=C1[C@H](O)CC(=C/C=C2\CCC[C@]3(C)[C@@H](C(C)C)CC[C@@H]23)C[C@H]1O.CC1[C@H](O)CC(=C/C=C2\CCC[C@]3(C)[C@@H](C(C)C)CC[C@@H]23)C[C@H]1O.CC1[C@H](O)CC(=C/C=C2\CCC[C@]3(C)[C@@H](C(C)C)CC[C@@H]23)C[C@H]1O.[HH].